The molecule has 158 valence electrons. The summed E-state index contributed by atoms with van der Waals surface area (Å²) in [5, 5.41) is 12.4. The molecule has 1 aliphatic carbocycles. The van der Waals surface area contributed by atoms with E-state index in [0.29, 0.717) is 22.8 Å². The lowest BCUT2D eigenvalue weighted by Gasteiger charge is -2.30. The molecule has 11 nitrogen and oxygen atoms in total. The molecule has 1 saturated carbocycles. The SMILES string of the molecule is Cn1c(NC2CCC(n3nc(-n4cncn4)ccc3=O)CC2)nc2ncccc2c1=O. The zero-order valence-corrected chi connectivity index (χ0v) is 16.9. The zero-order valence-electron chi connectivity index (χ0n) is 16.9. The molecule has 31 heavy (non-hydrogen) atoms. The maximum atomic E-state index is 12.6. The second-order valence-corrected chi connectivity index (χ2v) is 7.64. The standard InChI is InChI=1S/C20H21N9O2/c1-27-19(31)15-3-2-10-22-18(15)25-20(27)24-13-4-6-14(7-5-13)29-17(30)9-8-16(26-29)28-12-21-11-23-28/h2-3,8-14H,4-7H2,1H3,(H,22,24,25). The van der Waals surface area contributed by atoms with E-state index in [9.17, 15) is 9.59 Å². The lowest BCUT2D eigenvalue weighted by Crippen LogP contribution is -2.35. The van der Waals surface area contributed by atoms with E-state index >= 15 is 0 Å². The van der Waals surface area contributed by atoms with Crippen LogP contribution >= 0.6 is 0 Å². The molecular weight excluding hydrogens is 398 g/mol. The van der Waals surface area contributed by atoms with Crippen molar-refractivity contribution in [2.45, 2.75) is 37.8 Å². The lowest BCUT2D eigenvalue weighted by molar-refractivity contribution is 0.302. The summed E-state index contributed by atoms with van der Waals surface area (Å²) >= 11 is 0. The summed E-state index contributed by atoms with van der Waals surface area (Å²) in [4.78, 5) is 37.6. The van der Waals surface area contributed by atoms with E-state index in [1.807, 2.05) is 0 Å². The van der Waals surface area contributed by atoms with Crippen molar-refractivity contribution < 1.29 is 0 Å². The summed E-state index contributed by atoms with van der Waals surface area (Å²) < 4.78 is 4.59. The highest BCUT2D eigenvalue weighted by Crippen LogP contribution is 2.28. The van der Waals surface area contributed by atoms with E-state index in [1.54, 1.807) is 42.5 Å². The molecule has 0 atom stereocenters. The average molecular weight is 419 g/mol. The quantitative estimate of drug-likeness (QED) is 0.520. The first kappa shape index (κ1) is 19.1. The van der Waals surface area contributed by atoms with Crippen LogP contribution in [0.2, 0.25) is 0 Å². The molecule has 0 spiro atoms. The van der Waals surface area contributed by atoms with Crippen LogP contribution in [0.1, 0.15) is 31.7 Å². The van der Waals surface area contributed by atoms with E-state index < -0.39 is 0 Å². The van der Waals surface area contributed by atoms with Gasteiger partial charge in [0.2, 0.25) is 5.95 Å². The van der Waals surface area contributed by atoms with Crippen LogP contribution < -0.4 is 16.4 Å². The molecule has 1 fully saturated rings. The fourth-order valence-corrected chi connectivity index (χ4v) is 4.01. The van der Waals surface area contributed by atoms with Crippen molar-refractivity contribution in [3.05, 3.63) is 63.8 Å². The summed E-state index contributed by atoms with van der Waals surface area (Å²) in [6.07, 6.45) is 7.81. The molecule has 4 heterocycles. The van der Waals surface area contributed by atoms with Crippen LogP contribution in [-0.4, -0.2) is 45.1 Å². The Morgan fingerprint density at radius 2 is 1.94 bits per heavy atom. The van der Waals surface area contributed by atoms with Gasteiger partial charge in [-0.2, -0.15) is 10.1 Å². The summed E-state index contributed by atoms with van der Waals surface area (Å²) in [6.45, 7) is 0. The first-order valence-corrected chi connectivity index (χ1v) is 10.1. The fourth-order valence-electron chi connectivity index (χ4n) is 4.01. The van der Waals surface area contributed by atoms with Gasteiger partial charge in [0.25, 0.3) is 11.1 Å². The molecule has 0 saturated heterocycles. The van der Waals surface area contributed by atoms with Crippen molar-refractivity contribution in [2.75, 3.05) is 5.32 Å². The Bertz CT molecular complexity index is 1340. The van der Waals surface area contributed by atoms with E-state index in [4.69, 9.17) is 0 Å². The van der Waals surface area contributed by atoms with Crippen LogP contribution in [0.5, 0.6) is 0 Å². The fraction of sp³-hybridized carbons (Fsp3) is 0.350. The van der Waals surface area contributed by atoms with E-state index in [0.717, 1.165) is 25.7 Å². The highest BCUT2D eigenvalue weighted by molar-refractivity contribution is 5.74. The van der Waals surface area contributed by atoms with Crippen molar-refractivity contribution in [3.8, 4) is 5.82 Å². The third kappa shape index (κ3) is 3.58. The maximum Gasteiger partial charge on any atom is 0.267 e. The second-order valence-electron chi connectivity index (χ2n) is 7.64. The number of fused-ring (bicyclic) bond motifs is 1. The van der Waals surface area contributed by atoms with E-state index in [2.05, 4.69) is 30.5 Å². The number of anilines is 1. The van der Waals surface area contributed by atoms with Crippen molar-refractivity contribution in [1.82, 2.24) is 39.1 Å². The van der Waals surface area contributed by atoms with Crippen LogP contribution in [0.15, 0.2) is 52.7 Å². The van der Waals surface area contributed by atoms with E-state index in [-0.39, 0.29) is 23.2 Å². The molecular formula is C20H21N9O2. The average Bonchev–Trinajstić information content (AvgIpc) is 3.33. The lowest BCUT2D eigenvalue weighted by atomic mass is 9.91. The molecule has 4 aromatic heterocycles. The largest absolute Gasteiger partial charge is 0.353 e. The highest BCUT2D eigenvalue weighted by atomic mass is 16.1. The van der Waals surface area contributed by atoms with Gasteiger partial charge in [-0.3, -0.25) is 14.2 Å². The number of hydrogen-bond donors (Lipinski definition) is 1. The van der Waals surface area contributed by atoms with Gasteiger partial charge in [0.15, 0.2) is 11.5 Å². The molecule has 5 rings (SSSR count). The summed E-state index contributed by atoms with van der Waals surface area (Å²) in [5.41, 5.74) is 0.169. The molecule has 0 radical (unpaired) electrons. The van der Waals surface area contributed by atoms with Crippen molar-refractivity contribution in [3.63, 3.8) is 0 Å². The Kier molecular flexibility index (Phi) is 4.77. The second kappa shape index (κ2) is 7.74. The molecule has 0 amide bonds. The van der Waals surface area contributed by atoms with Crippen LogP contribution in [-0.2, 0) is 7.05 Å². The van der Waals surface area contributed by atoms with Crippen LogP contribution in [0, 0.1) is 0 Å². The monoisotopic (exact) mass is 419 g/mol. The summed E-state index contributed by atoms with van der Waals surface area (Å²) in [6, 6.07) is 6.75. The normalized spacial score (nSPS) is 18.9. The number of pyridine rings is 1. The Morgan fingerprint density at radius 1 is 1.10 bits per heavy atom. The summed E-state index contributed by atoms with van der Waals surface area (Å²) in [5.74, 6) is 1.06. The maximum absolute atomic E-state index is 12.6. The Hall–Kier alpha value is -3.89. The molecule has 1 aliphatic rings. The summed E-state index contributed by atoms with van der Waals surface area (Å²) in [7, 11) is 1.70. The molecule has 11 heteroatoms. The van der Waals surface area contributed by atoms with Crippen LogP contribution in [0.25, 0.3) is 16.9 Å². The zero-order chi connectivity index (χ0) is 21.4. The molecule has 4 aromatic rings. The Morgan fingerprint density at radius 3 is 2.71 bits per heavy atom. The van der Waals surface area contributed by atoms with Crippen LogP contribution in [0.3, 0.4) is 0 Å². The minimum absolute atomic E-state index is 0.00377. The number of rotatable bonds is 4. The van der Waals surface area contributed by atoms with Gasteiger partial charge in [0.1, 0.15) is 12.7 Å². The third-order valence-electron chi connectivity index (χ3n) is 5.69. The Labute approximate surface area is 176 Å². The van der Waals surface area contributed by atoms with Gasteiger partial charge in [-0.25, -0.2) is 19.3 Å². The van der Waals surface area contributed by atoms with Gasteiger partial charge < -0.3 is 5.32 Å². The molecule has 1 N–H and O–H groups in total. The van der Waals surface area contributed by atoms with E-state index in [1.165, 1.54) is 21.6 Å². The predicted octanol–water partition coefficient (Wildman–Crippen LogP) is 1.06. The van der Waals surface area contributed by atoms with Gasteiger partial charge in [0, 0.05) is 25.4 Å². The van der Waals surface area contributed by atoms with Gasteiger partial charge in [-0.15, -0.1) is 5.10 Å². The molecule has 0 unspecified atom stereocenters. The number of aromatic nitrogens is 8. The number of nitrogens with one attached hydrogen (secondary N) is 1. The predicted molar refractivity (Wildman–Crippen MR) is 113 cm³/mol. The Balaban J connectivity index is 1.32. The smallest absolute Gasteiger partial charge is 0.267 e. The number of nitrogens with zero attached hydrogens (tertiary/aromatic N) is 8. The van der Waals surface area contributed by atoms with Crippen molar-refractivity contribution >= 4 is 17.0 Å². The number of hydrogen-bond acceptors (Lipinski definition) is 8. The molecule has 0 aromatic carbocycles. The van der Waals surface area contributed by atoms with Gasteiger partial charge >= 0.3 is 0 Å². The molecule has 0 bridgehead atoms. The topological polar surface area (TPSA) is 125 Å². The highest BCUT2D eigenvalue weighted by Gasteiger charge is 2.25. The van der Waals surface area contributed by atoms with Gasteiger partial charge in [-0.05, 0) is 43.9 Å². The van der Waals surface area contributed by atoms with Crippen molar-refractivity contribution in [1.29, 1.82) is 0 Å². The third-order valence-corrected chi connectivity index (χ3v) is 5.69. The minimum atomic E-state index is -0.134. The van der Waals surface area contributed by atoms with Gasteiger partial charge in [0.05, 0.1) is 11.4 Å². The van der Waals surface area contributed by atoms with Gasteiger partial charge in [-0.1, -0.05) is 0 Å². The van der Waals surface area contributed by atoms with Crippen molar-refractivity contribution in [2.24, 2.45) is 7.05 Å². The minimum Gasteiger partial charge on any atom is -0.353 e. The first-order chi connectivity index (χ1) is 15.1. The van der Waals surface area contributed by atoms with Crippen LogP contribution in [0.4, 0.5) is 5.95 Å². The molecule has 0 aliphatic heterocycles. The first-order valence-electron chi connectivity index (χ1n) is 10.1.